The van der Waals surface area contributed by atoms with E-state index in [1.165, 1.54) is 49.3 Å². The van der Waals surface area contributed by atoms with E-state index in [2.05, 4.69) is 41.0 Å². The normalized spacial score (nSPS) is 10.8. The molecule has 4 N–H and O–H groups in total. The zero-order valence-electron chi connectivity index (χ0n) is 26.9. The Morgan fingerprint density at radius 2 is 1.11 bits per heavy atom. The molecule has 0 aliphatic carbocycles. The number of halogens is 2. The molecule has 0 saturated carbocycles. The molecule has 4 aromatic heterocycles. The number of amides is 2. The van der Waals surface area contributed by atoms with Crippen molar-refractivity contribution in [2.24, 2.45) is 0 Å². The lowest BCUT2D eigenvalue weighted by Gasteiger charge is -2.14. The minimum Gasteiger partial charge on any atom is -0.490 e. The van der Waals surface area contributed by atoms with Crippen LogP contribution in [-0.4, -0.2) is 86.7 Å². The molecular weight excluding hydrogens is 702 g/mol. The summed E-state index contributed by atoms with van der Waals surface area (Å²) in [6.07, 6.45) is 9.26. The van der Waals surface area contributed by atoms with E-state index in [0.717, 1.165) is 18.2 Å². The van der Waals surface area contributed by atoms with Crippen molar-refractivity contribution in [2.75, 3.05) is 23.8 Å². The van der Waals surface area contributed by atoms with Crippen LogP contribution in [0.15, 0.2) is 86.0 Å². The van der Waals surface area contributed by atoms with E-state index in [1.54, 1.807) is 21.5 Å². The van der Waals surface area contributed by atoms with Crippen molar-refractivity contribution in [3.05, 3.63) is 120 Å². The minimum absolute atomic E-state index is 0.0226. The van der Waals surface area contributed by atoms with Crippen molar-refractivity contribution in [3.63, 3.8) is 0 Å². The molecule has 18 nitrogen and oxygen atoms in total. The number of nitrogens with one attached hydrogen (secondary N) is 2. The van der Waals surface area contributed by atoms with Gasteiger partial charge >= 0.3 is 11.9 Å². The summed E-state index contributed by atoms with van der Waals surface area (Å²) in [5.41, 5.74) is -2.02. The highest BCUT2D eigenvalue weighted by molar-refractivity contribution is 6.07. The maximum absolute atomic E-state index is 15.0. The Hall–Kier alpha value is -7.64. The Kier molecular flexibility index (Phi) is 10.3. The average Bonchev–Trinajstić information content (AvgIpc) is 3.89. The van der Waals surface area contributed by atoms with Crippen molar-refractivity contribution >= 4 is 35.1 Å². The lowest BCUT2D eigenvalue weighted by atomic mass is 10.1. The summed E-state index contributed by atoms with van der Waals surface area (Å²) in [5, 5.41) is 39.5. The van der Waals surface area contributed by atoms with E-state index in [1.807, 2.05) is 0 Å². The maximum atomic E-state index is 15.0. The molecule has 53 heavy (non-hydrogen) atoms. The zero-order chi connectivity index (χ0) is 37.5. The van der Waals surface area contributed by atoms with Crippen molar-refractivity contribution in [1.82, 2.24) is 39.5 Å². The number of imidazole rings is 2. The SMILES string of the molecule is O=C(Nc1cc(OCCCOc2cc(C(=O)O)c(NC(=O)c3ccc(-n4ccnc4)nn3)cc2F)c(F)cc1C(=O)O)c1ccc(-n2ccnc2)nn1. The topological polar surface area (TPSA) is 238 Å². The molecule has 268 valence electrons. The number of benzene rings is 2. The van der Waals surface area contributed by atoms with Gasteiger partial charge in [-0.15, -0.1) is 20.4 Å². The highest BCUT2D eigenvalue weighted by atomic mass is 19.1. The number of ether oxygens (including phenoxy) is 2. The van der Waals surface area contributed by atoms with Gasteiger partial charge in [0, 0.05) is 43.3 Å². The Balaban J connectivity index is 1.06. The quantitative estimate of drug-likeness (QED) is 0.117. The lowest BCUT2D eigenvalue weighted by molar-refractivity contribution is 0.0686. The third-order valence-electron chi connectivity index (χ3n) is 7.21. The van der Waals surface area contributed by atoms with Gasteiger partial charge in [-0.05, 0) is 36.4 Å². The fraction of sp³-hybridized carbons (Fsp3) is 0.0909. The molecule has 2 aromatic carbocycles. The Bertz CT molecular complexity index is 2290. The second-order valence-electron chi connectivity index (χ2n) is 10.7. The molecule has 0 aliphatic heterocycles. The first-order valence-corrected chi connectivity index (χ1v) is 15.2. The first-order valence-electron chi connectivity index (χ1n) is 15.2. The third kappa shape index (κ3) is 8.23. The molecule has 20 heteroatoms. The number of rotatable bonds is 14. The van der Waals surface area contributed by atoms with Crippen LogP contribution in [0.25, 0.3) is 11.6 Å². The number of carbonyl (C=O) groups excluding carboxylic acids is 2. The van der Waals surface area contributed by atoms with Crippen LogP contribution in [0.5, 0.6) is 11.5 Å². The van der Waals surface area contributed by atoms with E-state index in [0.29, 0.717) is 17.7 Å². The minimum atomic E-state index is -1.53. The van der Waals surface area contributed by atoms with Crippen LogP contribution in [0, 0.1) is 11.6 Å². The van der Waals surface area contributed by atoms with Crippen molar-refractivity contribution < 1.29 is 47.6 Å². The van der Waals surface area contributed by atoms with Crippen LogP contribution in [0.1, 0.15) is 48.1 Å². The second kappa shape index (κ2) is 15.5. The maximum Gasteiger partial charge on any atom is 0.337 e. The average molecular weight is 727 g/mol. The number of anilines is 2. The number of carboxylic acids is 2. The number of carboxylic acid groups (broad SMARTS) is 2. The van der Waals surface area contributed by atoms with Crippen LogP contribution >= 0.6 is 0 Å². The molecule has 0 radical (unpaired) electrons. The molecule has 0 saturated heterocycles. The van der Waals surface area contributed by atoms with Crippen LogP contribution in [0.3, 0.4) is 0 Å². The lowest BCUT2D eigenvalue weighted by Crippen LogP contribution is -2.18. The van der Waals surface area contributed by atoms with Gasteiger partial charge in [-0.1, -0.05) is 0 Å². The highest BCUT2D eigenvalue weighted by Crippen LogP contribution is 2.29. The van der Waals surface area contributed by atoms with Gasteiger partial charge in [0.1, 0.15) is 12.7 Å². The summed E-state index contributed by atoms with van der Waals surface area (Å²) in [6, 6.07) is 8.98. The predicted octanol–water partition coefficient (Wildman–Crippen LogP) is 3.67. The fourth-order valence-corrected chi connectivity index (χ4v) is 4.64. The van der Waals surface area contributed by atoms with Crippen molar-refractivity contribution in [2.45, 2.75) is 6.42 Å². The third-order valence-corrected chi connectivity index (χ3v) is 7.21. The molecule has 2 amide bonds. The molecule has 0 spiro atoms. The van der Waals surface area contributed by atoms with Crippen LogP contribution < -0.4 is 20.1 Å². The number of aromatic carboxylic acids is 2. The number of aromatic nitrogens is 8. The highest BCUT2D eigenvalue weighted by Gasteiger charge is 2.21. The molecular formula is C33H24F2N10O8. The Morgan fingerprint density at radius 1 is 0.642 bits per heavy atom. The summed E-state index contributed by atoms with van der Waals surface area (Å²) in [5.74, 6) is -6.84. The summed E-state index contributed by atoms with van der Waals surface area (Å²) in [7, 11) is 0. The number of carbonyl (C=O) groups is 4. The van der Waals surface area contributed by atoms with E-state index >= 15 is 0 Å². The van der Waals surface area contributed by atoms with E-state index < -0.39 is 58.0 Å². The molecule has 6 aromatic rings. The van der Waals surface area contributed by atoms with Crippen LogP contribution in [-0.2, 0) is 0 Å². The fourth-order valence-electron chi connectivity index (χ4n) is 4.64. The van der Waals surface area contributed by atoms with Crippen LogP contribution in [0.2, 0.25) is 0 Å². The molecule has 0 aliphatic rings. The predicted molar refractivity (Wildman–Crippen MR) is 177 cm³/mol. The zero-order valence-corrected chi connectivity index (χ0v) is 26.9. The standard InChI is InChI=1S/C33H24F2N10O8/c34-20-12-18(32(48)49)25(39-31(47)23-3-5-29(43-41-23)45-9-7-37-17-45)15-27(20)53-11-1-10-52-26-13-19(33(50)51)24(14-21(26)35)38-30(46)22-2-4-28(42-40-22)44-8-6-36-16-44/h2-9,12-17H,1,10-11H2,(H,38,46)(H,39,47)(H,48,49)(H,50,51). The first kappa shape index (κ1) is 35.2. The largest absolute Gasteiger partial charge is 0.490 e. The molecule has 0 bridgehead atoms. The summed E-state index contributed by atoms with van der Waals surface area (Å²) in [4.78, 5) is 57.1. The molecule has 0 fully saturated rings. The van der Waals surface area contributed by atoms with E-state index in [4.69, 9.17) is 9.47 Å². The van der Waals surface area contributed by atoms with Gasteiger partial charge in [-0.2, -0.15) is 0 Å². The molecule has 0 atom stereocenters. The van der Waals surface area contributed by atoms with Crippen LogP contribution in [0.4, 0.5) is 20.2 Å². The van der Waals surface area contributed by atoms with Crippen molar-refractivity contribution in [3.8, 4) is 23.1 Å². The number of hydrogen-bond donors (Lipinski definition) is 4. The number of nitrogens with zero attached hydrogens (tertiary/aromatic N) is 8. The van der Waals surface area contributed by atoms with Gasteiger partial charge < -0.3 is 30.3 Å². The smallest absolute Gasteiger partial charge is 0.337 e. The summed E-state index contributed by atoms with van der Waals surface area (Å²) >= 11 is 0. The van der Waals surface area contributed by atoms with Gasteiger partial charge in [0.2, 0.25) is 0 Å². The first-order chi connectivity index (χ1) is 25.6. The molecule has 4 heterocycles. The van der Waals surface area contributed by atoms with E-state index in [9.17, 15) is 38.2 Å². The second-order valence-corrected chi connectivity index (χ2v) is 10.7. The Morgan fingerprint density at radius 3 is 1.57 bits per heavy atom. The van der Waals surface area contributed by atoms with Gasteiger partial charge in [0.25, 0.3) is 11.8 Å². The number of hydrogen-bond acceptors (Lipinski definition) is 12. The van der Waals surface area contributed by atoms with Crippen molar-refractivity contribution in [1.29, 1.82) is 0 Å². The summed E-state index contributed by atoms with van der Waals surface area (Å²) in [6.45, 7) is -0.452. The van der Waals surface area contributed by atoms with Gasteiger partial charge in [0.05, 0.1) is 35.7 Å². The molecule has 6 rings (SSSR count). The van der Waals surface area contributed by atoms with Gasteiger partial charge in [-0.3, -0.25) is 18.7 Å². The Labute approximate surface area is 295 Å². The summed E-state index contributed by atoms with van der Waals surface area (Å²) < 4.78 is 43.7. The van der Waals surface area contributed by atoms with Gasteiger partial charge in [-0.25, -0.2) is 28.3 Å². The molecule has 0 unspecified atom stereocenters. The van der Waals surface area contributed by atoms with E-state index in [-0.39, 0.29) is 42.4 Å². The van der Waals surface area contributed by atoms with Gasteiger partial charge in [0.15, 0.2) is 46.2 Å². The monoisotopic (exact) mass is 726 g/mol.